The molecule has 1 aliphatic rings. The molecule has 0 unspecified atom stereocenters. The normalized spacial score (nSPS) is 15.7. The van der Waals surface area contributed by atoms with E-state index in [0.29, 0.717) is 24.5 Å². The van der Waals surface area contributed by atoms with Gasteiger partial charge in [-0.15, -0.1) is 0 Å². The second-order valence-corrected chi connectivity index (χ2v) is 7.91. The zero-order valence-electron chi connectivity index (χ0n) is 17.2. The maximum Gasteiger partial charge on any atom is 0.255 e. The summed E-state index contributed by atoms with van der Waals surface area (Å²) in [5.41, 5.74) is 5.01. The summed E-state index contributed by atoms with van der Waals surface area (Å²) in [5.74, 6) is 1.20. The number of aromatic nitrogens is 2. The minimum Gasteiger partial charge on any atom is -0.493 e. The molecular weight excluding hydrogens is 362 g/mol. The number of amides is 1. The van der Waals surface area contributed by atoms with Gasteiger partial charge in [-0.2, -0.15) is 5.10 Å². The molecule has 0 spiro atoms. The van der Waals surface area contributed by atoms with Crippen LogP contribution in [0.2, 0.25) is 0 Å². The molecule has 5 heteroatoms. The minimum absolute atomic E-state index is 0.0604. The van der Waals surface area contributed by atoms with Crippen molar-refractivity contribution in [1.82, 2.24) is 15.1 Å². The first kappa shape index (κ1) is 19.2. The maximum absolute atomic E-state index is 13.2. The van der Waals surface area contributed by atoms with Crippen molar-refractivity contribution in [3.05, 3.63) is 82.7 Å². The molecule has 1 N–H and O–H groups in total. The summed E-state index contributed by atoms with van der Waals surface area (Å²) in [6, 6.07) is 16.4. The maximum atomic E-state index is 13.2. The number of aryl methyl sites for hydroxylation is 1. The van der Waals surface area contributed by atoms with E-state index >= 15 is 0 Å². The van der Waals surface area contributed by atoms with Gasteiger partial charge in [-0.05, 0) is 29.2 Å². The van der Waals surface area contributed by atoms with Crippen molar-refractivity contribution in [2.24, 2.45) is 7.05 Å². The summed E-state index contributed by atoms with van der Waals surface area (Å²) >= 11 is 0. The Morgan fingerprint density at radius 2 is 2.03 bits per heavy atom. The lowest BCUT2D eigenvalue weighted by atomic mass is 9.94. The monoisotopic (exact) mass is 389 g/mol. The van der Waals surface area contributed by atoms with E-state index in [1.165, 1.54) is 5.56 Å². The van der Waals surface area contributed by atoms with Crippen LogP contribution in [0.5, 0.6) is 5.75 Å². The average molecular weight is 389 g/mol. The third kappa shape index (κ3) is 4.04. The van der Waals surface area contributed by atoms with Crippen LogP contribution in [-0.2, 0) is 13.5 Å². The van der Waals surface area contributed by atoms with Crippen molar-refractivity contribution < 1.29 is 9.53 Å². The van der Waals surface area contributed by atoms with Gasteiger partial charge in [0.1, 0.15) is 5.75 Å². The van der Waals surface area contributed by atoms with Gasteiger partial charge >= 0.3 is 0 Å². The van der Waals surface area contributed by atoms with Crippen molar-refractivity contribution >= 4 is 5.91 Å². The van der Waals surface area contributed by atoms with Crippen molar-refractivity contribution in [3.63, 3.8) is 0 Å². The number of carbonyl (C=O) groups is 1. The predicted molar refractivity (Wildman–Crippen MR) is 113 cm³/mol. The molecule has 0 saturated heterocycles. The lowest BCUT2D eigenvalue weighted by Crippen LogP contribution is -2.32. The minimum atomic E-state index is -0.0863. The first-order valence-corrected chi connectivity index (χ1v) is 10.1. The number of carbonyl (C=O) groups excluding carboxylic acids is 1. The molecule has 0 saturated carbocycles. The Kier molecular flexibility index (Phi) is 5.38. The Balaban J connectivity index is 1.58. The van der Waals surface area contributed by atoms with Gasteiger partial charge in [-0.3, -0.25) is 9.48 Å². The number of benzene rings is 2. The molecule has 0 fully saturated rings. The first-order valence-electron chi connectivity index (χ1n) is 10.1. The van der Waals surface area contributed by atoms with Gasteiger partial charge in [-0.25, -0.2) is 0 Å². The SMILES string of the molecule is CC(C)c1ccc2c(c1)[C@@H](NC(=O)c1cnn(C)c1Cc1ccccc1)CCO2. The fourth-order valence-corrected chi connectivity index (χ4v) is 3.81. The van der Waals surface area contributed by atoms with Crippen LogP contribution in [0.3, 0.4) is 0 Å². The highest BCUT2D eigenvalue weighted by Gasteiger charge is 2.26. The van der Waals surface area contributed by atoms with Crippen LogP contribution in [0.4, 0.5) is 0 Å². The highest BCUT2D eigenvalue weighted by Crippen LogP contribution is 2.34. The number of fused-ring (bicyclic) bond motifs is 1. The predicted octanol–water partition coefficient (Wildman–Crippen LogP) is 4.39. The van der Waals surface area contributed by atoms with E-state index in [9.17, 15) is 4.79 Å². The van der Waals surface area contributed by atoms with Crippen LogP contribution in [-0.4, -0.2) is 22.3 Å². The summed E-state index contributed by atoms with van der Waals surface area (Å²) in [6.45, 7) is 4.94. The lowest BCUT2D eigenvalue weighted by molar-refractivity contribution is 0.0924. The summed E-state index contributed by atoms with van der Waals surface area (Å²) in [4.78, 5) is 13.2. The molecule has 29 heavy (non-hydrogen) atoms. The highest BCUT2D eigenvalue weighted by molar-refractivity contribution is 5.95. The molecule has 4 rings (SSSR count). The Morgan fingerprint density at radius 1 is 1.24 bits per heavy atom. The fourth-order valence-electron chi connectivity index (χ4n) is 3.81. The molecule has 0 aliphatic carbocycles. The number of hydrogen-bond donors (Lipinski definition) is 1. The summed E-state index contributed by atoms with van der Waals surface area (Å²) in [6.07, 6.45) is 3.09. The average Bonchev–Trinajstić information content (AvgIpc) is 3.09. The van der Waals surface area contributed by atoms with E-state index in [-0.39, 0.29) is 11.9 Å². The van der Waals surface area contributed by atoms with E-state index in [4.69, 9.17) is 4.74 Å². The first-order chi connectivity index (χ1) is 14.0. The number of ether oxygens (including phenoxy) is 1. The van der Waals surface area contributed by atoms with Crippen molar-refractivity contribution in [1.29, 1.82) is 0 Å². The van der Waals surface area contributed by atoms with Gasteiger partial charge in [0.25, 0.3) is 5.91 Å². The molecule has 150 valence electrons. The third-order valence-corrected chi connectivity index (χ3v) is 5.57. The van der Waals surface area contributed by atoms with Crippen LogP contribution < -0.4 is 10.1 Å². The molecule has 3 aromatic rings. The molecule has 2 aromatic carbocycles. The Hall–Kier alpha value is -3.08. The number of rotatable bonds is 5. The highest BCUT2D eigenvalue weighted by atomic mass is 16.5. The quantitative estimate of drug-likeness (QED) is 0.704. The zero-order chi connectivity index (χ0) is 20.4. The van der Waals surface area contributed by atoms with E-state index in [2.05, 4.69) is 48.5 Å². The van der Waals surface area contributed by atoms with E-state index in [1.807, 2.05) is 31.3 Å². The van der Waals surface area contributed by atoms with Crippen LogP contribution >= 0.6 is 0 Å². The van der Waals surface area contributed by atoms with Crippen LogP contribution in [0.15, 0.2) is 54.7 Å². The van der Waals surface area contributed by atoms with E-state index in [1.54, 1.807) is 10.9 Å². The molecule has 1 amide bonds. The molecule has 1 atom stereocenters. The number of nitrogens with one attached hydrogen (secondary N) is 1. The van der Waals surface area contributed by atoms with Gasteiger partial charge in [0, 0.05) is 25.5 Å². The van der Waals surface area contributed by atoms with Crippen molar-refractivity contribution in [2.75, 3.05) is 6.61 Å². The molecule has 1 aliphatic heterocycles. The van der Waals surface area contributed by atoms with Gasteiger partial charge in [0.15, 0.2) is 0 Å². The Bertz CT molecular complexity index is 1010. The largest absolute Gasteiger partial charge is 0.493 e. The van der Waals surface area contributed by atoms with Crippen LogP contribution in [0.1, 0.15) is 65.0 Å². The summed E-state index contributed by atoms with van der Waals surface area (Å²) in [7, 11) is 1.88. The molecule has 2 heterocycles. The van der Waals surface area contributed by atoms with Crippen molar-refractivity contribution in [3.8, 4) is 5.75 Å². The van der Waals surface area contributed by atoms with Crippen LogP contribution in [0.25, 0.3) is 0 Å². The van der Waals surface area contributed by atoms with Crippen molar-refractivity contribution in [2.45, 2.75) is 38.6 Å². The summed E-state index contributed by atoms with van der Waals surface area (Å²) in [5, 5.41) is 7.56. The van der Waals surface area contributed by atoms with Gasteiger partial charge in [0.2, 0.25) is 0 Å². The van der Waals surface area contributed by atoms with Gasteiger partial charge < -0.3 is 10.1 Å². The number of hydrogen-bond acceptors (Lipinski definition) is 3. The molecule has 0 radical (unpaired) electrons. The zero-order valence-corrected chi connectivity index (χ0v) is 17.2. The smallest absolute Gasteiger partial charge is 0.255 e. The van der Waals surface area contributed by atoms with E-state index < -0.39 is 0 Å². The second-order valence-electron chi connectivity index (χ2n) is 7.91. The summed E-state index contributed by atoms with van der Waals surface area (Å²) < 4.78 is 7.60. The molecule has 5 nitrogen and oxygen atoms in total. The lowest BCUT2D eigenvalue weighted by Gasteiger charge is -2.27. The molecule has 0 bridgehead atoms. The Morgan fingerprint density at radius 3 is 2.79 bits per heavy atom. The van der Waals surface area contributed by atoms with Gasteiger partial charge in [-0.1, -0.05) is 50.2 Å². The second kappa shape index (κ2) is 8.11. The van der Waals surface area contributed by atoms with Gasteiger partial charge in [0.05, 0.1) is 30.1 Å². The Labute approximate surface area is 171 Å². The van der Waals surface area contributed by atoms with Crippen LogP contribution in [0, 0.1) is 0 Å². The topological polar surface area (TPSA) is 56.2 Å². The number of nitrogens with zero attached hydrogens (tertiary/aromatic N) is 2. The third-order valence-electron chi connectivity index (χ3n) is 5.57. The van der Waals surface area contributed by atoms with E-state index in [0.717, 1.165) is 29.0 Å². The molecular formula is C24H27N3O2. The standard InChI is InChI=1S/C24H27N3O2/c1-16(2)18-9-10-23-19(14-18)21(11-12-29-23)26-24(28)20-15-25-27(3)22(20)13-17-7-5-4-6-8-17/h4-10,14-16,21H,11-13H2,1-3H3,(H,26,28)/t21-/m0/s1. The fraction of sp³-hybridized carbons (Fsp3) is 0.333. The molecule has 1 aromatic heterocycles.